The Morgan fingerprint density at radius 2 is 1.70 bits per heavy atom. The van der Waals surface area contributed by atoms with Gasteiger partial charge in [-0.3, -0.25) is 14.4 Å². The summed E-state index contributed by atoms with van der Waals surface area (Å²) in [6, 6.07) is 19.0. The third kappa shape index (κ3) is 6.01. The summed E-state index contributed by atoms with van der Waals surface area (Å²) in [7, 11) is 0. The summed E-state index contributed by atoms with van der Waals surface area (Å²) in [6.07, 6.45) is 0.583. The van der Waals surface area contributed by atoms with Gasteiger partial charge in [-0.1, -0.05) is 60.7 Å². The minimum Gasteiger partial charge on any atom is -0.456 e. The highest BCUT2D eigenvalue weighted by Crippen LogP contribution is 2.15. The molecule has 2 amide bonds. The molecule has 156 valence electrons. The van der Waals surface area contributed by atoms with Gasteiger partial charge in [0.1, 0.15) is 0 Å². The fourth-order valence-electron chi connectivity index (χ4n) is 3.14. The van der Waals surface area contributed by atoms with E-state index in [-0.39, 0.29) is 37.3 Å². The molecule has 0 spiro atoms. The van der Waals surface area contributed by atoms with Crippen molar-refractivity contribution in [2.45, 2.75) is 32.2 Å². The second-order valence-electron chi connectivity index (χ2n) is 7.04. The number of ether oxygens (including phenoxy) is 1. The topological polar surface area (TPSA) is 88.1 Å². The van der Waals surface area contributed by atoms with Crippen LogP contribution in [0.3, 0.4) is 0 Å². The maximum Gasteiger partial charge on any atom is 0.306 e. The Bertz CT molecular complexity index is 913. The van der Waals surface area contributed by atoms with Crippen molar-refractivity contribution in [1.29, 1.82) is 0 Å². The number of hydrogen-bond acceptors (Lipinski definition) is 5. The molecule has 0 aromatic heterocycles. The van der Waals surface area contributed by atoms with Crippen LogP contribution < -0.4 is 5.32 Å². The first-order valence-corrected chi connectivity index (χ1v) is 9.96. The average Bonchev–Trinajstić information content (AvgIpc) is 3.28. The van der Waals surface area contributed by atoms with Crippen LogP contribution in [0.15, 0.2) is 65.8 Å². The predicted molar refractivity (Wildman–Crippen MR) is 113 cm³/mol. The SMILES string of the molecule is CC(NC(=O)COC(=O)CCC(=O)N1CCC(c2ccccc2)=N1)c1ccccc1. The van der Waals surface area contributed by atoms with Crippen molar-refractivity contribution in [1.82, 2.24) is 10.3 Å². The summed E-state index contributed by atoms with van der Waals surface area (Å²) < 4.78 is 4.99. The highest BCUT2D eigenvalue weighted by Gasteiger charge is 2.22. The van der Waals surface area contributed by atoms with Crippen LogP contribution in [0.1, 0.15) is 43.4 Å². The van der Waals surface area contributed by atoms with Gasteiger partial charge in [-0.25, -0.2) is 5.01 Å². The maximum atomic E-state index is 12.3. The molecule has 30 heavy (non-hydrogen) atoms. The Hall–Kier alpha value is -3.48. The molecule has 2 aromatic carbocycles. The highest BCUT2D eigenvalue weighted by molar-refractivity contribution is 6.02. The van der Waals surface area contributed by atoms with E-state index in [1.165, 1.54) is 5.01 Å². The lowest BCUT2D eigenvalue weighted by atomic mass is 10.1. The van der Waals surface area contributed by atoms with Gasteiger partial charge in [0, 0.05) is 12.8 Å². The summed E-state index contributed by atoms with van der Waals surface area (Å²) in [6.45, 7) is 1.98. The number of esters is 1. The Morgan fingerprint density at radius 3 is 2.40 bits per heavy atom. The number of rotatable bonds is 8. The molecule has 7 nitrogen and oxygen atoms in total. The Kier molecular flexibility index (Phi) is 7.32. The molecule has 0 aliphatic carbocycles. The normalized spacial score (nSPS) is 14.0. The molecular weight excluding hydrogens is 382 g/mol. The molecular formula is C23H25N3O4. The Labute approximate surface area is 175 Å². The first-order chi connectivity index (χ1) is 14.5. The fourth-order valence-corrected chi connectivity index (χ4v) is 3.14. The standard InChI is InChI=1S/C23H25N3O4/c1-17(18-8-4-2-5-9-18)24-21(27)16-30-23(29)13-12-22(28)26-15-14-20(25-26)19-10-6-3-7-11-19/h2-11,17H,12-16H2,1H3,(H,24,27). The molecule has 1 N–H and O–H groups in total. The van der Waals surface area contributed by atoms with E-state index < -0.39 is 5.97 Å². The molecule has 0 bridgehead atoms. The van der Waals surface area contributed by atoms with E-state index in [9.17, 15) is 14.4 Å². The molecule has 2 aromatic rings. The van der Waals surface area contributed by atoms with Crippen molar-refractivity contribution >= 4 is 23.5 Å². The molecule has 0 saturated carbocycles. The number of nitrogens with zero attached hydrogens (tertiary/aromatic N) is 2. The minimum absolute atomic E-state index is 0.00750. The number of carbonyl (C=O) groups is 3. The molecule has 0 radical (unpaired) electrons. The maximum absolute atomic E-state index is 12.3. The number of hydrazone groups is 1. The van der Waals surface area contributed by atoms with E-state index in [0.29, 0.717) is 13.0 Å². The number of benzene rings is 2. The third-order valence-corrected chi connectivity index (χ3v) is 4.78. The van der Waals surface area contributed by atoms with E-state index in [1.807, 2.05) is 67.6 Å². The Morgan fingerprint density at radius 1 is 1.03 bits per heavy atom. The molecule has 3 rings (SSSR count). The second-order valence-corrected chi connectivity index (χ2v) is 7.04. The highest BCUT2D eigenvalue weighted by atomic mass is 16.5. The van der Waals surface area contributed by atoms with E-state index in [1.54, 1.807) is 0 Å². The molecule has 7 heteroatoms. The van der Waals surface area contributed by atoms with Crippen molar-refractivity contribution in [2.75, 3.05) is 13.2 Å². The molecule has 0 saturated heterocycles. The van der Waals surface area contributed by atoms with E-state index in [4.69, 9.17) is 4.74 Å². The van der Waals surface area contributed by atoms with Gasteiger partial charge in [0.05, 0.1) is 24.7 Å². The van der Waals surface area contributed by atoms with Crippen molar-refractivity contribution in [2.24, 2.45) is 5.10 Å². The third-order valence-electron chi connectivity index (χ3n) is 4.78. The second kappa shape index (κ2) is 10.3. The van der Waals surface area contributed by atoms with Gasteiger partial charge in [-0.15, -0.1) is 0 Å². The monoisotopic (exact) mass is 407 g/mol. The van der Waals surface area contributed by atoms with E-state index >= 15 is 0 Å². The van der Waals surface area contributed by atoms with Gasteiger partial charge in [0.2, 0.25) is 5.91 Å². The van der Waals surface area contributed by atoms with Crippen molar-refractivity contribution in [3.8, 4) is 0 Å². The lowest BCUT2D eigenvalue weighted by molar-refractivity contribution is -0.150. The van der Waals surface area contributed by atoms with Gasteiger partial charge < -0.3 is 10.1 Å². The van der Waals surface area contributed by atoms with Crippen molar-refractivity contribution in [3.63, 3.8) is 0 Å². The zero-order chi connectivity index (χ0) is 21.3. The van der Waals surface area contributed by atoms with Crippen molar-refractivity contribution in [3.05, 3.63) is 71.8 Å². The zero-order valence-corrected chi connectivity index (χ0v) is 16.9. The fraction of sp³-hybridized carbons (Fsp3) is 0.304. The molecule has 1 atom stereocenters. The minimum atomic E-state index is -0.586. The van der Waals surface area contributed by atoms with Crippen LogP contribution in [0.5, 0.6) is 0 Å². The van der Waals surface area contributed by atoms with Gasteiger partial charge in [0.15, 0.2) is 6.61 Å². The number of hydrogen-bond donors (Lipinski definition) is 1. The van der Waals surface area contributed by atoms with Crippen LogP contribution in [-0.2, 0) is 19.1 Å². The number of nitrogens with one attached hydrogen (secondary N) is 1. The van der Waals surface area contributed by atoms with Crippen LogP contribution in [0.2, 0.25) is 0 Å². The Balaban J connectivity index is 1.38. The summed E-state index contributed by atoms with van der Waals surface area (Å²) in [5, 5.41) is 8.52. The summed E-state index contributed by atoms with van der Waals surface area (Å²) in [5.41, 5.74) is 2.81. The van der Waals surface area contributed by atoms with Crippen molar-refractivity contribution < 1.29 is 19.1 Å². The van der Waals surface area contributed by atoms with Crippen LogP contribution in [-0.4, -0.2) is 41.7 Å². The van der Waals surface area contributed by atoms with E-state index in [0.717, 1.165) is 16.8 Å². The van der Waals surface area contributed by atoms with Gasteiger partial charge >= 0.3 is 5.97 Å². The average molecular weight is 407 g/mol. The van der Waals surface area contributed by atoms with Gasteiger partial charge in [0.25, 0.3) is 5.91 Å². The lowest BCUT2D eigenvalue weighted by Gasteiger charge is -2.14. The molecule has 1 heterocycles. The van der Waals surface area contributed by atoms with Crippen LogP contribution in [0, 0.1) is 0 Å². The summed E-state index contributed by atoms with van der Waals surface area (Å²) >= 11 is 0. The van der Waals surface area contributed by atoms with Gasteiger partial charge in [-0.2, -0.15) is 5.10 Å². The summed E-state index contributed by atoms with van der Waals surface area (Å²) in [4.78, 5) is 36.2. The van der Waals surface area contributed by atoms with Crippen LogP contribution in [0.4, 0.5) is 0 Å². The molecule has 1 unspecified atom stereocenters. The lowest BCUT2D eigenvalue weighted by Crippen LogP contribution is -2.31. The van der Waals surface area contributed by atoms with Gasteiger partial charge in [-0.05, 0) is 18.1 Å². The number of amides is 2. The smallest absolute Gasteiger partial charge is 0.306 e. The molecule has 0 fully saturated rings. The van der Waals surface area contributed by atoms with Crippen LogP contribution in [0.25, 0.3) is 0 Å². The largest absolute Gasteiger partial charge is 0.456 e. The van der Waals surface area contributed by atoms with Crippen LogP contribution >= 0.6 is 0 Å². The number of carbonyl (C=O) groups excluding carboxylic acids is 3. The quantitative estimate of drug-likeness (QED) is 0.682. The first kappa shape index (κ1) is 21.2. The predicted octanol–water partition coefficient (Wildman–Crippen LogP) is 2.82. The first-order valence-electron chi connectivity index (χ1n) is 9.96. The molecule has 1 aliphatic heterocycles. The summed E-state index contributed by atoms with van der Waals surface area (Å²) in [5.74, 6) is -1.21. The van der Waals surface area contributed by atoms with E-state index in [2.05, 4.69) is 10.4 Å². The zero-order valence-electron chi connectivity index (χ0n) is 16.9. The molecule has 1 aliphatic rings.